The molecule has 4 rings (SSSR count). The quantitative estimate of drug-likeness (QED) is 0.371. The van der Waals surface area contributed by atoms with Crippen LogP contribution >= 0.6 is 11.3 Å². The van der Waals surface area contributed by atoms with Gasteiger partial charge in [0.1, 0.15) is 0 Å². The van der Waals surface area contributed by atoms with Crippen molar-refractivity contribution in [2.75, 3.05) is 10.6 Å². The van der Waals surface area contributed by atoms with Gasteiger partial charge in [0, 0.05) is 33.8 Å². The van der Waals surface area contributed by atoms with Gasteiger partial charge in [0.15, 0.2) is 5.82 Å². The van der Waals surface area contributed by atoms with Crippen molar-refractivity contribution in [2.24, 2.45) is 0 Å². The Labute approximate surface area is 187 Å². The zero-order valence-electron chi connectivity index (χ0n) is 17.0. The molecular formula is C23H20N4O4S. The first-order valence-electron chi connectivity index (χ1n) is 9.97. The second kappa shape index (κ2) is 9.88. The van der Waals surface area contributed by atoms with E-state index in [4.69, 9.17) is 0 Å². The number of carbonyl (C=O) groups excluding carboxylic acids is 2. The molecule has 9 heteroatoms. The molecule has 2 aromatic heterocycles. The number of aryl methyl sites for hydroxylation is 1. The molecule has 32 heavy (non-hydrogen) atoms. The van der Waals surface area contributed by atoms with Crippen LogP contribution in [0.2, 0.25) is 0 Å². The summed E-state index contributed by atoms with van der Waals surface area (Å²) in [5, 5.41) is 11.3. The molecule has 162 valence electrons. The second-order valence-corrected chi connectivity index (χ2v) is 8.07. The molecule has 0 saturated carbocycles. The first-order valence-corrected chi connectivity index (χ1v) is 10.8. The normalized spacial score (nSPS) is 10.6. The van der Waals surface area contributed by atoms with Crippen LogP contribution in [0.5, 0.6) is 0 Å². The third-order valence-electron chi connectivity index (χ3n) is 4.65. The maximum absolute atomic E-state index is 12.7. The molecule has 0 atom stereocenters. The minimum Gasteiger partial charge on any atom is -0.326 e. The van der Waals surface area contributed by atoms with Crippen LogP contribution in [0.4, 0.5) is 11.4 Å². The lowest BCUT2D eigenvalue weighted by molar-refractivity contribution is -0.116. The van der Waals surface area contributed by atoms with Crippen molar-refractivity contribution >= 4 is 34.5 Å². The number of nitrogens with one attached hydrogen (secondary N) is 3. The molecule has 0 unspecified atom stereocenters. The third-order valence-corrected chi connectivity index (χ3v) is 5.59. The Balaban J connectivity index is 1.36. The Morgan fingerprint density at radius 1 is 1.00 bits per heavy atom. The maximum atomic E-state index is 12.7. The molecule has 0 fully saturated rings. The monoisotopic (exact) mass is 448 g/mol. The average Bonchev–Trinajstić information content (AvgIpc) is 3.46. The minimum atomic E-state index is -0.653. The number of amides is 2. The van der Waals surface area contributed by atoms with Gasteiger partial charge in [-0.25, -0.2) is 4.79 Å². The second-order valence-electron chi connectivity index (χ2n) is 7.04. The molecule has 0 aliphatic rings. The van der Waals surface area contributed by atoms with E-state index < -0.39 is 5.76 Å². The highest BCUT2D eigenvalue weighted by molar-refractivity contribution is 7.09. The van der Waals surface area contributed by atoms with Crippen molar-refractivity contribution in [3.63, 3.8) is 0 Å². The number of carbonyl (C=O) groups is 2. The molecule has 3 N–H and O–H groups in total. The third kappa shape index (κ3) is 5.58. The van der Waals surface area contributed by atoms with Gasteiger partial charge in [-0.05, 0) is 54.6 Å². The maximum Gasteiger partial charge on any atom is 0.439 e. The van der Waals surface area contributed by atoms with Crippen molar-refractivity contribution < 1.29 is 14.1 Å². The molecule has 2 heterocycles. The van der Waals surface area contributed by atoms with Crippen LogP contribution < -0.4 is 16.4 Å². The van der Waals surface area contributed by atoms with E-state index in [0.29, 0.717) is 28.9 Å². The lowest BCUT2D eigenvalue weighted by Crippen LogP contribution is -2.14. The summed E-state index contributed by atoms with van der Waals surface area (Å²) in [5.74, 6) is -0.798. The standard InChI is InChI=1S/C23H20N4O4S/c28-20(11-3-9-19-10-4-12-32-19)24-17-7-2-6-16(14-17)22(29)25-18-8-1-5-15(13-18)21-26-23(30)31-27-21/h1-2,4-8,10,12-14H,3,9,11H2,(H,24,28)(H,25,29)(H,26,27,30). The van der Waals surface area contributed by atoms with Crippen molar-refractivity contribution in [1.82, 2.24) is 10.1 Å². The Kier molecular flexibility index (Phi) is 6.57. The van der Waals surface area contributed by atoms with Crippen LogP contribution in [0.1, 0.15) is 28.1 Å². The summed E-state index contributed by atoms with van der Waals surface area (Å²) in [5.41, 5.74) is 2.09. The van der Waals surface area contributed by atoms with Gasteiger partial charge in [0.25, 0.3) is 5.91 Å². The van der Waals surface area contributed by atoms with E-state index in [1.807, 2.05) is 11.4 Å². The summed E-state index contributed by atoms with van der Waals surface area (Å²) in [6.07, 6.45) is 2.04. The van der Waals surface area contributed by atoms with E-state index in [1.165, 1.54) is 4.88 Å². The van der Waals surface area contributed by atoms with E-state index in [1.54, 1.807) is 59.9 Å². The van der Waals surface area contributed by atoms with Crippen LogP contribution in [-0.2, 0) is 11.2 Å². The lowest BCUT2D eigenvalue weighted by Gasteiger charge is -2.09. The Bertz CT molecular complexity index is 1280. The molecule has 0 bridgehead atoms. The van der Waals surface area contributed by atoms with Crippen molar-refractivity contribution in [3.8, 4) is 11.4 Å². The van der Waals surface area contributed by atoms with Gasteiger partial charge in [-0.15, -0.1) is 11.3 Å². The molecule has 8 nitrogen and oxygen atoms in total. The number of thiophene rings is 1. The van der Waals surface area contributed by atoms with E-state index in [9.17, 15) is 14.4 Å². The molecule has 4 aromatic rings. The van der Waals surface area contributed by atoms with Crippen LogP contribution in [0.25, 0.3) is 11.4 Å². The number of nitrogens with zero attached hydrogens (tertiary/aromatic N) is 1. The lowest BCUT2D eigenvalue weighted by atomic mass is 10.1. The fourth-order valence-electron chi connectivity index (χ4n) is 3.14. The zero-order valence-corrected chi connectivity index (χ0v) is 17.8. The van der Waals surface area contributed by atoms with Crippen LogP contribution in [-0.4, -0.2) is 22.0 Å². The van der Waals surface area contributed by atoms with Gasteiger partial charge in [0.2, 0.25) is 5.91 Å². The van der Waals surface area contributed by atoms with Gasteiger partial charge in [-0.3, -0.25) is 19.1 Å². The first-order chi connectivity index (χ1) is 15.6. The van der Waals surface area contributed by atoms with Crippen LogP contribution in [0, 0.1) is 0 Å². The molecule has 0 saturated heterocycles. The molecular weight excluding hydrogens is 428 g/mol. The highest BCUT2D eigenvalue weighted by atomic mass is 32.1. The zero-order chi connectivity index (χ0) is 22.3. The van der Waals surface area contributed by atoms with E-state index >= 15 is 0 Å². The Morgan fingerprint density at radius 2 is 1.81 bits per heavy atom. The summed E-state index contributed by atoms with van der Waals surface area (Å²) in [6, 6.07) is 17.7. The minimum absolute atomic E-state index is 0.0894. The Morgan fingerprint density at radius 3 is 2.56 bits per heavy atom. The number of H-pyrrole nitrogens is 1. The summed E-state index contributed by atoms with van der Waals surface area (Å²) in [7, 11) is 0. The number of aromatic nitrogens is 2. The van der Waals surface area contributed by atoms with Gasteiger partial charge < -0.3 is 10.6 Å². The Hall–Kier alpha value is -3.98. The highest BCUT2D eigenvalue weighted by Gasteiger charge is 2.11. The number of benzene rings is 2. The number of aromatic amines is 1. The summed E-state index contributed by atoms with van der Waals surface area (Å²) < 4.78 is 4.51. The fourth-order valence-corrected chi connectivity index (χ4v) is 3.89. The number of rotatable bonds is 8. The van der Waals surface area contributed by atoms with Gasteiger partial charge in [0.05, 0.1) is 0 Å². The van der Waals surface area contributed by atoms with Crippen molar-refractivity contribution in [3.05, 3.63) is 87.0 Å². The smallest absolute Gasteiger partial charge is 0.326 e. The SMILES string of the molecule is O=C(CCCc1cccs1)Nc1cccc(C(=O)Nc2cccc(-c3noc(=O)[nH]3)c2)c1. The molecule has 0 radical (unpaired) electrons. The highest BCUT2D eigenvalue weighted by Crippen LogP contribution is 2.20. The average molecular weight is 449 g/mol. The largest absolute Gasteiger partial charge is 0.439 e. The summed E-state index contributed by atoms with van der Waals surface area (Å²) in [4.78, 5) is 39.8. The fraction of sp³-hybridized carbons (Fsp3) is 0.130. The predicted molar refractivity (Wildman–Crippen MR) is 123 cm³/mol. The van der Waals surface area contributed by atoms with Gasteiger partial charge in [-0.1, -0.05) is 29.4 Å². The molecule has 0 spiro atoms. The van der Waals surface area contributed by atoms with E-state index in [0.717, 1.165) is 12.8 Å². The number of anilines is 2. The molecule has 0 aliphatic carbocycles. The van der Waals surface area contributed by atoms with Crippen molar-refractivity contribution in [2.45, 2.75) is 19.3 Å². The van der Waals surface area contributed by atoms with Gasteiger partial charge >= 0.3 is 5.76 Å². The predicted octanol–water partition coefficient (Wildman–Crippen LogP) is 4.31. The van der Waals surface area contributed by atoms with Crippen LogP contribution in [0.3, 0.4) is 0 Å². The summed E-state index contributed by atoms with van der Waals surface area (Å²) >= 11 is 1.69. The summed E-state index contributed by atoms with van der Waals surface area (Å²) in [6.45, 7) is 0. The van der Waals surface area contributed by atoms with E-state index in [2.05, 4.69) is 31.4 Å². The topological polar surface area (TPSA) is 117 Å². The molecule has 2 aromatic carbocycles. The molecule has 2 amide bonds. The molecule has 0 aliphatic heterocycles. The number of hydrogen-bond donors (Lipinski definition) is 3. The first kappa shape index (κ1) is 21.3. The van der Waals surface area contributed by atoms with E-state index in [-0.39, 0.29) is 17.6 Å². The number of hydrogen-bond acceptors (Lipinski definition) is 6. The van der Waals surface area contributed by atoms with Gasteiger partial charge in [-0.2, -0.15) is 0 Å². The van der Waals surface area contributed by atoms with Crippen molar-refractivity contribution in [1.29, 1.82) is 0 Å². The van der Waals surface area contributed by atoms with Crippen LogP contribution in [0.15, 0.2) is 75.4 Å².